The van der Waals surface area contributed by atoms with Crippen molar-refractivity contribution in [1.29, 1.82) is 0 Å². The smallest absolute Gasteiger partial charge is 0.107 e. The molecule has 1 aliphatic heterocycles. The number of hydrogen-bond acceptors (Lipinski definition) is 2. The number of rotatable bonds is 4. The Morgan fingerprint density at radius 3 is 2.79 bits per heavy atom. The molecule has 0 spiro atoms. The van der Waals surface area contributed by atoms with Gasteiger partial charge in [-0.1, -0.05) is 24.3 Å². The van der Waals surface area contributed by atoms with E-state index in [9.17, 15) is 4.39 Å². The number of nitrogens with zero attached hydrogens (tertiary/aromatic N) is 2. The van der Waals surface area contributed by atoms with Crippen LogP contribution in [0.1, 0.15) is 12.5 Å². The molecule has 0 amide bonds. The largest absolute Gasteiger partial charge is 0.378 e. The first kappa shape index (κ1) is 15.6. The molecule has 2 heterocycles. The van der Waals surface area contributed by atoms with Crippen LogP contribution in [0.15, 0.2) is 42.5 Å². The van der Waals surface area contributed by atoms with E-state index in [4.69, 9.17) is 4.74 Å². The van der Waals surface area contributed by atoms with Gasteiger partial charge in [0, 0.05) is 41.4 Å². The van der Waals surface area contributed by atoms with Crippen molar-refractivity contribution < 1.29 is 9.13 Å². The topological polar surface area (TPSA) is 17.4 Å². The Balaban J connectivity index is 1.74. The molecule has 0 aliphatic carbocycles. The summed E-state index contributed by atoms with van der Waals surface area (Å²) in [6, 6.07) is 15.1. The summed E-state index contributed by atoms with van der Waals surface area (Å²) in [5, 5.41) is 2.58. The summed E-state index contributed by atoms with van der Waals surface area (Å²) in [5.41, 5.74) is 3.79. The first-order valence-corrected chi connectivity index (χ1v) is 8.69. The van der Waals surface area contributed by atoms with E-state index in [0.717, 1.165) is 19.6 Å². The average Bonchev–Trinajstić information content (AvgIpc) is 2.95. The third kappa shape index (κ3) is 2.60. The number of morpholine rings is 1. The van der Waals surface area contributed by atoms with E-state index in [2.05, 4.69) is 58.9 Å². The van der Waals surface area contributed by atoms with Gasteiger partial charge in [0.15, 0.2) is 0 Å². The van der Waals surface area contributed by atoms with Gasteiger partial charge in [-0.3, -0.25) is 4.90 Å². The maximum Gasteiger partial charge on any atom is 0.107 e. The van der Waals surface area contributed by atoms with Gasteiger partial charge in [0.1, 0.15) is 6.67 Å². The lowest BCUT2D eigenvalue weighted by Crippen LogP contribution is -2.46. The minimum Gasteiger partial charge on any atom is -0.378 e. The number of para-hydroxylation sites is 1. The van der Waals surface area contributed by atoms with E-state index in [1.165, 1.54) is 27.4 Å². The lowest BCUT2D eigenvalue weighted by atomic mass is 10.1. The molecule has 1 unspecified atom stereocenters. The molecule has 126 valence electrons. The van der Waals surface area contributed by atoms with Crippen LogP contribution in [-0.4, -0.2) is 41.9 Å². The monoisotopic (exact) mass is 326 g/mol. The maximum atomic E-state index is 13.2. The molecule has 4 rings (SSSR count). The number of hydrogen-bond donors (Lipinski definition) is 0. The van der Waals surface area contributed by atoms with Crippen molar-refractivity contribution in [2.24, 2.45) is 0 Å². The van der Waals surface area contributed by atoms with Crippen molar-refractivity contribution >= 4 is 21.8 Å². The highest BCUT2D eigenvalue weighted by atomic mass is 19.1. The van der Waals surface area contributed by atoms with E-state index in [1.807, 2.05) is 0 Å². The molecule has 1 aromatic heterocycles. The number of halogens is 1. The Labute approximate surface area is 141 Å². The quantitative estimate of drug-likeness (QED) is 0.721. The van der Waals surface area contributed by atoms with Crippen LogP contribution in [0.25, 0.3) is 21.8 Å². The molecule has 3 nitrogen and oxygen atoms in total. The van der Waals surface area contributed by atoms with E-state index in [0.29, 0.717) is 13.2 Å². The highest BCUT2D eigenvalue weighted by Crippen LogP contribution is 2.30. The van der Waals surface area contributed by atoms with Crippen molar-refractivity contribution in [1.82, 2.24) is 9.47 Å². The Kier molecular flexibility index (Phi) is 4.25. The minimum atomic E-state index is -0.350. The van der Waals surface area contributed by atoms with Gasteiger partial charge in [-0.2, -0.15) is 0 Å². The Hall–Kier alpha value is -1.91. The second kappa shape index (κ2) is 6.54. The third-order valence-electron chi connectivity index (χ3n) is 5.07. The van der Waals surface area contributed by atoms with Crippen LogP contribution >= 0.6 is 0 Å². The summed E-state index contributed by atoms with van der Waals surface area (Å²) in [7, 11) is 0. The van der Waals surface area contributed by atoms with E-state index in [1.54, 1.807) is 0 Å². The molecule has 24 heavy (non-hydrogen) atoms. The SMILES string of the molecule is CCn1c2ccccc2c2cc(CN3CCOCC3CF)ccc21. The van der Waals surface area contributed by atoms with Crippen LogP contribution in [0, 0.1) is 0 Å². The van der Waals surface area contributed by atoms with Crippen molar-refractivity contribution in [2.45, 2.75) is 26.1 Å². The number of alkyl halides is 1. The minimum absolute atomic E-state index is 0.119. The van der Waals surface area contributed by atoms with Crippen LogP contribution in [0.4, 0.5) is 4.39 Å². The van der Waals surface area contributed by atoms with Crippen LogP contribution in [-0.2, 0) is 17.8 Å². The molecule has 1 saturated heterocycles. The summed E-state index contributed by atoms with van der Waals surface area (Å²) in [5.74, 6) is 0. The standard InChI is InChI=1S/C20H23FN2O/c1-2-23-19-6-4-3-5-17(19)18-11-15(7-8-20(18)23)13-22-9-10-24-14-16(22)12-21/h3-8,11,16H,2,9-10,12-14H2,1H3. The lowest BCUT2D eigenvalue weighted by molar-refractivity contribution is -0.0197. The Bertz CT molecular complexity index is 857. The van der Waals surface area contributed by atoms with Gasteiger partial charge in [0.25, 0.3) is 0 Å². The van der Waals surface area contributed by atoms with Crippen LogP contribution < -0.4 is 0 Å². The fourth-order valence-electron chi connectivity index (χ4n) is 3.81. The Morgan fingerprint density at radius 1 is 1.12 bits per heavy atom. The van der Waals surface area contributed by atoms with Crippen molar-refractivity contribution in [3.05, 3.63) is 48.0 Å². The van der Waals surface area contributed by atoms with Gasteiger partial charge in [0.05, 0.1) is 19.3 Å². The van der Waals surface area contributed by atoms with Gasteiger partial charge in [-0.25, -0.2) is 4.39 Å². The lowest BCUT2D eigenvalue weighted by Gasteiger charge is -2.33. The summed E-state index contributed by atoms with van der Waals surface area (Å²) in [6.07, 6.45) is 0. The molecule has 0 saturated carbocycles. The predicted octanol–water partition coefficient (Wildman–Crippen LogP) is 3.98. The maximum absolute atomic E-state index is 13.2. The first-order valence-electron chi connectivity index (χ1n) is 8.69. The van der Waals surface area contributed by atoms with Gasteiger partial charge in [-0.05, 0) is 30.7 Å². The van der Waals surface area contributed by atoms with Crippen molar-refractivity contribution in [3.8, 4) is 0 Å². The highest BCUT2D eigenvalue weighted by Gasteiger charge is 2.23. The molecule has 1 atom stereocenters. The third-order valence-corrected chi connectivity index (χ3v) is 5.07. The van der Waals surface area contributed by atoms with Crippen molar-refractivity contribution in [3.63, 3.8) is 0 Å². The molecule has 0 bridgehead atoms. The van der Waals surface area contributed by atoms with Gasteiger partial charge < -0.3 is 9.30 Å². The second-order valence-electron chi connectivity index (χ2n) is 6.47. The molecular formula is C20H23FN2O. The molecule has 1 fully saturated rings. The number of aryl methyl sites for hydroxylation is 1. The molecule has 1 aliphatic rings. The van der Waals surface area contributed by atoms with E-state index in [-0.39, 0.29) is 12.7 Å². The summed E-state index contributed by atoms with van der Waals surface area (Å²) < 4.78 is 21.0. The normalized spacial score (nSPS) is 19.3. The fraction of sp³-hybridized carbons (Fsp3) is 0.400. The van der Waals surface area contributed by atoms with Gasteiger partial charge >= 0.3 is 0 Å². The molecule has 0 N–H and O–H groups in total. The predicted molar refractivity (Wildman–Crippen MR) is 96.1 cm³/mol. The van der Waals surface area contributed by atoms with Crippen LogP contribution in [0.3, 0.4) is 0 Å². The zero-order chi connectivity index (χ0) is 16.5. The second-order valence-corrected chi connectivity index (χ2v) is 6.47. The zero-order valence-electron chi connectivity index (χ0n) is 14.0. The Morgan fingerprint density at radius 2 is 1.96 bits per heavy atom. The number of fused-ring (bicyclic) bond motifs is 3. The molecule has 0 radical (unpaired) electrons. The molecular weight excluding hydrogens is 303 g/mol. The molecule has 4 heteroatoms. The number of benzene rings is 2. The molecule has 3 aromatic rings. The first-order chi connectivity index (χ1) is 11.8. The summed E-state index contributed by atoms with van der Waals surface area (Å²) >= 11 is 0. The van der Waals surface area contributed by atoms with E-state index >= 15 is 0 Å². The average molecular weight is 326 g/mol. The summed E-state index contributed by atoms with van der Waals surface area (Å²) in [4.78, 5) is 2.20. The highest BCUT2D eigenvalue weighted by molar-refractivity contribution is 6.08. The van der Waals surface area contributed by atoms with Crippen LogP contribution in [0.2, 0.25) is 0 Å². The van der Waals surface area contributed by atoms with Crippen molar-refractivity contribution in [2.75, 3.05) is 26.4 Å². The fourth-order valence-corrected chi connectivity index (χ4v) is 3.81. The number of ether oxygens (including phenoxy) is 1. The van der Waals surface area contributed by atoms with Crippen LogP contribution in [0.5, 0.6) is 0 Å². The van der Waals surface area contributed by atoms with E-state index < -0.39 is 0 Å². The zero-order valence-corrected chi connectivity index (χ0v) is 14.0. The molecule has 2 aromatic carbocycles. The van der Waals surface area contributed by atoms with Gasteiger partial charge in [-0.15, -0.1) is 0 Å². The van der Waals surface area contributed by atoms with Gasteiger partial charge in [0.2, 0.25) is 0 Å². The summed E-state index contributed by atoms with van der Waals surface area (Å²) in [6.45, 7) is 5.54. The number of aromatic nitrogens is 1.